The third-order valence-corrected chi connectivity index (χ3v) is 4.90. The number of H-pyrrole nitrogens is 1. The summed E-state index contributed by atoms with van der Waals surface area (Å²) in [6.45, 7) is 0. The van der Waals surface area contributed by atoms with Crippen molar-refractivity contribution in [2.45, 2.75) is 6.10 Å². The van der Waals surface area contributed by atoms with Crippen LogP contribution in [0.5, 0.6) is 0 Å². The Morgan fingerprint density at radius 2 is 1.56 bits per heavy atom. The van der Waals surface area contributed by atoms with Crippen molar-refractivity contribution in [2.24, 2.45) is 5.16 Å². The number of hydrogen-bond donors (Lipinski definition) is 1. The van der Waals surface area contributed by atoms with Crippen molar-refractivity contribution in [3.8, 4) is 23.6 Å². The normalized spacial score (nSPS) is 14.6. The van der Waals surface area contributed by atoms with Crippen molar-refractivity contribution in [3.05, 3.63) is 95.6 Å². The first-order valence-electron chi connectivity index (χ1n) is 8.82. The highest BCUT2D eigenvalue weighted by Gasteiger charge is 2.29. The topological polar surface area (TPSA) is 37.4 Å². The van der Waals surface area contributed by atoms with Gasteiger partial charge in [0.1, 0.15) is 5.71 Å². The van der Waals surface area contributed by atoms with Gasteiger partial charge in [-0.3, -0.25) is 0 Å². The largest absolute Gasteiger partial charge is 0.374 e. The van der Waals surface area contributed by atoms with Crippen LogP contribution in [-0.4, -0.2) is 10.7 Å². The molecular weight excluding hydrogens is 332 g/mol. The average molecular weight is 348 g/mol. The van der Waals surface area contributed by atoms with Gasteiger partial charge in [0.15, 0.2) is 0 Å². The summed E-state index contributed by atoms with van der Waals surface area (Å²) in [7, 11) is 0. The van der Waals surface area contributed by atoms with E-state index in [0.29, 0.717) is 0 Å². The van der Waals surface area contributed by atoms with Gasteiger partial charge in [0.25, 0.3) is 0 Å². The Morgan fingerprint density at radius 3 is 2.37 bits per heavy atom. The molecule has 0 saturated carbocycles. The van der Waals surface area contributed by atoms with Crippen molar-refractivity contribution in [1.82, 2.24) is 4.98 Å². The van der Waals surface area contributed by atoms with Crippen LogP contribution in [0.2, 0.25) is 0 Å². The molecule has 0 radical (unpaired) electrons. The van der Waals surface area contributed by atoms with Crippen LogP contribution in [0.3, 0.4) is 0 Å². The number of aromatic nitrogens is 1. The summed E-state index contributed by atoms with van der Waals surface area (Å²) in [5.41, 5.74) is 7.13. The van der Waals surface area contributed by atoms with Gasteiger partial charge in [0.05, 0.1) is 5.69 Å². The third kappa shape index (κ3) is 2.43. The highest BCUT2D eigenvalue weighted by Crippen LogP contribution is 2.40. The summed E-state index contributed by atoms with van der Waals surface area (Å²) < 4.78 is 0. The highest BCUT2D eigenvalue weighted by molar-refractivity contribution is 6.29. The molecule has 1 unspecified atom stereocenters. The predicted molar refractivity (Wildman–Crippen MR) is 108 cm³/mol. The first kappa shape index (κ1) is 15.5. The summed E-state index contributed by atoms with van der Waals surface area (Å²) >= 11 is 0. The molecule has 0 bridgehead atoms. The number of hydrogen-bond acceptors (Lipinski definition) is 2. The Kier molecular flexibility index (Phi) is 3.55. The second-order valence-corrected chi connectivity index (χ2v) is 6.47. The minimum atomic E-state index is -0.528. The lowest BCUT2D eigenvalue weighted by molar-refractivity contribution is 0.100. The fourth-order valence-corrected chi connectivity index (χ4v) is 3.65. The van der Waals surface area contributed by atoms with Gasteiger partial charge in [-0.15, -0.1) is 6.42 Å². The number of para-hydroxylation sites is 1. The maximum absolute atomic E-state index is 5.83. The van der Waals surface area contributed by atoms with Crippen molar-refractivity contribution < 1.29 is 4.84 Å². The van der Waals surface area contributed by atoms with Gasteiger partial charge in [-0.25, -0.2) is 0 Å². The van der Waals surface area contributed by atoms with Gasteiger partial charge in [-0.05, 0) is 6.07 Å². The van der Waals surface area contributed by atoms with Crippen molar-refractivity contribution >= 4 is 16.6 Å². The van der Waals surface area contributed by atoms with Gasteiger partial charge in [0.2, 0.25) is 6.10 Å². The van der Waals surface area contributed by atoms with Crippen LogP contribution >= 0.6 is 0 Å². The molecule has 1 aliphatic carbocycles. The van der Waals surface area contributed by atoms with E-state index in [0.717, 1.165) is 44.6 Å². The number of terminal acetylenes is 1. The SMILES string of the molecule is C#CC(ON=C1c2ccccc2-c2[nH]c3ccccc3c21)c1ccccc1. The van der Waals surface area contributed by atoms with Crippen LogP contribution in [0.4, 0.5) is 0 Å². The quantitative estimate of drug-likeness (QED) is 0.349. The number of nitrogens with zero attached hydrogens (tertiary/aromatic N) is 1. The minimum Gasteiger partial charge on any atom is -0.374 e. The molecule has 0 amide bonds. The summed E-state index contributed by atoms with van der Waals surface area (Å²) in [5, 5.41) is 5.66. The molecule has 4 aromatic rings. The molecule has 1 atom stereocenters. The molecule has 128 valence electrons. The monoisotopic (exact) mass is 348 g/mol. The van der Waals surface area contributed by atoms with Crippen LogP contribution in [0.25, 0.3) is 22.2 Å². The molecule has 0 fully saturated rings. The van der Waals surface area contributed by atoms with Crippen molar-refractivity contribution in [3.63, 3.8) is 0 Å². The van der Waals surface area contributed by atoms with E-state index in [1.165, 1.54) is 0 Å². The first-order valence-corrected chi connectivity index (χ1v) is 8.82. The average Bonchev–Trinajstić information content (AvgIpc) is 3.25. The molecule has 3 heteroatoms. The van der Waals surface area contributed by atoms with Gasteiger partial charge in [-0.1, -0.05) is 83.9 Å². The van der Waals surface area contributed by atoms with Gasteiger partial charge in [-0.2, -0.15) is 0 Å². The molecule has 5 rings (SSSR count). The van der Waals surface area contributed by atoms with Crippen LogP contribution < -0.4 is 0 Å². The smallest absolute Gasteiger partial charge is 0.212 e. The number of oxime groups is 1. The molecule has 1 heterocycles. The summed E-state index contributed by atoms with van der Waals surface area (Å²) in [5.74, 6) is 2.68. The maximum atomic E-state index is 5.83. The van der Waals surface area contributed by atoms with Crippen LogP contribution in [0.15, 0.2) is 84.0 Å². The van der Waals surface area contributed by atoms with E-state index in [2.05, 4.69) is 40.3 Å². The standard InChI is InChI=1S/C24H16N2O/c1-2-21(16-10-4-3-5-11-16)27-26-24-18-13-7-6-12-17(18)23-22(24)19-14-8-9-15-20(19)25-23/h1,3-15,21,25H. The summed E-state index contributed by atoms with van der Waals surface area (Å²) in [6, 6.07) is 26.2. The van der Waals surface area contributed by atoms with E-state index in [1.54, 1.807) is 0 Å². The number of rotatable bonds is 3. The second-order valence-electron chi connectivity index (χ2n) is 6.47. The van der Waals surface area contributed by atoms with Gasteiger partial charge < -0.3 is 9.82 Å². The van der Waals surface area contributed by atoms with E-state index < -0.39 is 6.10 Å². The number of nitrogens with one attached hydrogen (secondary N) is 1. The Morgan fingerprint density at radius 1 is 0.852 bits per heavy atom. The van der Waals surface area contributed by atoms with Crippen LogP contribution in [0.1, 0.15) is 22.8 Å². The Balaban J connectivity index is 1.64. The zero-order valence-corrected chi connectivity index (χ0v) is 14.5. The van der Waals surface area contributed by atoms with E-state index in [4.69, 9.17) is 11.3 Å². The van der Waals surface area contributed by atoms with E-state index >= 15 is 0 Å². The molecule has 0 spiro atoms. The lowest BCUT2D eigenvalue weighted by Gasteiger charge is -2.10. The van der Waals surface area contributed by atoms with Crippen LogP contribution in [-0.2, 0) is 4.84 Å². The molecule has 1 aliphatic rings. The Labute approximate surface area is 157 Å². The zero-order valence-electron chi connectivity index (χ0n) is 14.5. The molecular formula is C24H16N2O. The van der Waals surface area contributed by atoms with Gasteiger partial charge in [0, 0.05) is 33.2 Å². The highest BCUT2D eigenvalue weighted by atomic mass is 16.6. The molecule has 27 heavy (non-hydrogen) atoms. The number of benzene rings is 3. The van der Waals surface area contributed by atoms with Crippen molar-refractivity contribution in [1.29, 1.82) is 0 Å². The number of fused-ring (bicyclic) bond motifs is 5. The molecule has 0 aliphatic heterocycles. The maximum Gasteiger partial charge on any atom is 0.212 e. The molecule has 0 saturated heterocycles. The Bertz CT molecular complexity index is 1210. The van der Waals surface area contributed by atoms with E-state index in [1.807, 2.05) is 54.6 Å². The lowest BCUT2D eigenvalue weighted by atomic mass is 10.1. The second kappa shape index (κ2) is 6.19. The minimum absolute atomic E-state index is 0.528. The fraction of sp³-hybridized carbons (Fsp3) is 0.0417. The van der Waals surface area contributed by atoms with Crippen molar-refractivity contribution in [2.75, 3.05) is 0 Å². The lowest BCUT2D eigenvalue weighted by Crippen LogP contribution is -2.03. The fourth-order valence-electron chi connectivity index (χ4n) is 3.65. The predicted octanol–water partition coefficient (Wildman–Crippen LogP) is 5.29. The Hall–Kier alpha value is -3.77. The molecule has 1 aromatic heterocycles. The summed E-state index contributed by atoms with van der Waals surface area (Å²) in [6.07, 6.45) is 5.17. The molecule has 3 aromatic carbocycles. The third-order valence-electron chi connectivity index (χ3n) is 4.90. The van der Waals surface area contributed by atoms with Gasteiger partial charge >= 0.3 is 0 Å². The first-order chi connectivity index (χ1) is 13.4. The van der Waals surface area contributed by atoms with E-state index in [-0.39, 0.29) is 0 Å². The molecule has 3 nitrogen and oxygen atoms in total. The summed E-state index contributed by atoms with van der Waals surface area (Å²) in [4.78, 5) is 9.35. The van der Waals surface area contributed by atoms with E-state index in [9.17, 15) is 0 Å². The van der Waals surface area contributed by atoms with Crippen LogP contribution in [0, 0.1) is 12.3 Å². The molecule has 1 N–H and O–H groups in total. The zero-order chi connectivity index (χ0) is 18.2. The number of aromatic amines is 1.